The van der Waals surface area contributed by atoms with Gasteiger partial charge in [-0.1, -0.05) is 6.07 Å². The fraction of sp³-hybridized carbons (Fsp3) is 0.200. The molecule has 0 fully saturated rings. The molecule has 2 aromatic rings. The quantitative estimate of drug-likeness (QED) is 0.831. The molecule has 4 nitrogen and oxygen atoms in total. The number of ether oxygens (including phenoxy) is 2. The smallest absolute Gasteiger partial charge is 0.157 e. The van der Waals surface area contributed by atoms with Crippen molar-refractivity contribution in [1.29, 1.82) is 0 Å². The number of fused-ring (bicyclic) bond motifs is 1. The molecule has 0 spiro atoms. The molecule has 0 bridgehead atoms. The summed E-state index contributed by atoms with van der Waals surface area (Å²) in [4.78, 5) is 1.05. The van der Waals surface area contributed by atoms with Gasteiger partial charge in [-0.05, 0) is 35.9 Å². The number of hydrogen-bond donors (Lipinski definition) is 2. The van der Waals surface area contributed by atoms with Gasteiger partial charge in [-0.25, -0.2) is 0 Å². The van der Waals surface area contributed by atoms with Gasteiger partial charge < -0.3 is 19.7 Å². The highest BCUT2D eigenvalue weighted by atomic mass is 32.2. The Hall–Kier alpha value is -2.01. The maximum Gasteiger partial charge on any atom is 0.157 e. The van der Waals surface area contributed by atoms with Crippen LogP contribution in [-0.4, -0.2) is 23.1 Å². The molecule has 0 aromatic heterocycles. The number of phenols is 2. The summed E-state index contributed by atoms with van der Waals surface area (Å²) in [6, 6.07) is 10.5. The molecule has 0 saturated heterocycles. The maximum absolute atomic E-state index is 9.57. The zero-order chi connectivity index (χ0) is 14.1. The highest BCUT2D eigenvalue weighted by Crippen LogP contribution is 2.43. The Morgan fingerprint density at radius 2 is 2.00 bits per heavy atom. The standard InChI is InChI=1S/C15H14O4S/c1-18-10-3-5-13-15(7-10)20-8-14(19-13)9-2-4-11(16)12(17)6-9/h2-7,14,16-17H,8H2,1H3. The number of methoxy groups -OCH3 is 1. The van der Waals surface area contributed by atoms with Crippen molar-refractivity contribution >= 4 is 11.8 Å². The summed E-state index contributed by atoms with van der Waals surface area (Å²) in [6.07, 6.45) is -0.146. The molecule has 0 saturated carbocycles. The first-order valence-corrected chi connectivity index (χ1v) is 7.15. The lowest BCUT2D eigenvalue weighted by Gasteiger charge is -2.26. The van der Waals surface area contributed by atoms with E-state index in [-0.39, 0.29) is 17.6 Å². The first-order valence-electron chi connectivity index (χ1n) is 6.17. The summed E-state index contributed by atoms with van der Waals surface area (Å²) in [7, 11) is 1.64. The van der Waals surface area contributed by atoms with E-state index in [0.29, 0.717) is 0 Å². The molecule has 1 aliphatic rings. The third-order valence-corrected chi connectivity index (χ3v) is 4.28. The van der Waals surface area contributed by atoms with Gasteiger partial charge in [0.15, 0.2) is 11.5 Å². The van der Waals surface area contributed by atoms with Crippen molar-refractivity contribution < 1.29 is 19.7 Å². The van der Waals surface area contributed by atoms with E-state index in [2.05, 4.69) is 0 Å². The Balaban J connectivity index is 1.86. The van der Waals surface area contributed by atoms with E-state index in [4.69, 9.17) is 9.47 Å². The van der Waals surface area contributed by atoms with E-state index in [0.717, 1.165) is 27.7 Å². The van der Waals surface area contributed by atoms with Crippen molar-refractivity contribution in [3.8, 4) is 23.0 Å². The predicted molar refractivity (Wildman–Crippen MR) is 76.9 cm³/mol. The van der Waals surface area contributed by atoms with Gasteiger partial charge >= 0.3 is 0 Å². The highest BCUT2D eigenvalue weighted by Gasteiger charge is 2.23. The molecule has 0 amide bonds. The Kier molecular flexibility index (Phi) is 3.36. The number of phenolic OH excluding ortho intramolecular Hbond substituents is 2. The lowest BCUT2D eigenvalue weighted by Crippen LogP contribution is -2.14. The summed E-state index contributed by atoms with van der Waals surface area (Å²) in [5, 5.41) is 18.9. The van der Waals surface area contributed by atoms with Crippen LogP contribution < -0.4 is 9.47 Å². The Labute approximate surface area is 121 Å². The minimum Gasteiger partial charge on any atom is -0.504 e. The number of hydrogen-bond acceptors (Lipinski definition) is 5. The summed E-state index contributed by atoms with van der Waals surface area (Å²) in [5.74, 6) is 2.10. The SMILES string of the molecule is COc1ccc2c(c1)SCC(c1ccc(O)c(O)c1)O2. The molecule has 0 aliphatic carbocycles. The molecule has 1 heterocycles. The van der Waals surface area contributed by atoms with Crippen LogP contribution >= 0.6 is 11.8 Å². The van der Waals surface area contributed by atoms with E-state index < -0.39 is 0 Å². The monoisotopic (exact) mass is 290 g/mol. The second-order valence-corrected chi connectivity index (χ2v) is 5.54. The van der Waals surface area contributed by atoms with E-state index in [1.165, 1.54) is 12.1 Å². The second-order valence-electron chi connectivity index (χ2n) is 4.48. The molecule has 5 heteroatoms. The van der Waals surface area contributed by atoms with Crippen LogP contribution in [0.15, 0.2) is 41.3 Å². The first-order chi connectivity index (χ1) is 9.67. The summed E-state index contributed by atoms with van der Waals surface area (Å²) in [5.41, 5.74) is 0.842. The summed E-state index contributed by atoms with van der Waals surface area (Å²) in [6.45, 7) is 0. The predicted octanol–water partition coefficient (Wildman–Crippen LogP) is 3.33. The number of thioether (sulfide) groups is 1. The van der Waals surface area contributed by atoms with E-state index in [9.17, 15) is 10.2 Å². The second kappa shape index (κ2) is 5.17. The molecule has 1 aliphatic heterocycles. The molecule has 0 radical (unpaired) electrons. The van der Waals surface area contributed by atoms with Gasteiger partial charge in [-0.2, -0.15) is 0 Å². The van der Waals surface area contributed by atoms with Crippen LogP contribution in [-0.2, 0) is 0 Å². The van der Waals surface area contributed by atoms with Crippen molar-refractivity contribution in [2.75, 3.05) is 12.9 Å². The average Bonchev–Trinajstić information content (AvgIpc) is 2.49. The normalized spacial score (nSPS) is 17.1. The summed E-state index contributed by atoms with van der Waals surface area (Å²) < 4.78 is 11.1. The van der Waals surface area contributed by atoms with Crippen molar-refractivity contribution in [1.82, 2.24) is 0 Å². The minimum atomic E-state index is -0.146. The van der Waals surface area contributed by atoms with Crippen LogP contribution in [0.3, 0.4) is 0 Å². The van der Waals surface area contributed by atoms with Crippen molar-refractivity contribution in [2.45, 2.75) is 11.0 Å². The van der Waals surface area contributed by atoms with Gasteiger partial charge in [-0.3, -0.25) is 0 Å². The van der Waals surface area contributed by atoms with E-state index >= 15 is 0 Å². The molecule has 104 valence electrons. The van der Waals surface area contributed by atoms with Crippen LogP contribution in [0.25, 0.3) is 0 Å². The van der Waals surface area contributed by atoms with E-state index in [1.807, 2.05) is 18.2 Å². The molecule has 2 aromatic carbocycles. The zero-order valence-corrected chi connectivity index (χ0v) is 11.7. The Morgan fingerprint density at radius 1 is 1.15 bits per heavy atom. The third kappa shape index (κ3) is 2.36. The molecule has 2 N–H and O–H groups in total. The number of aromatic hydroxyl groups is 2. The largest absolute Gasteiger partial charge is 0.504 e. The van der Waals surface area contributed by atoms with Crippen LogP contribution in [0, 0.1) is 0 Å². The number of rotatable bonds is 2. The zero-order valence-electron chi connectivity index (χ0n) is 10.9. The first kappa shape index (κ1) is 13.0. The molecular weight excluding hydrogens is 276 g/mol. The van der Waals surface area contributed by atoms with Crippen molar-refractivity contribution in [3.63, 3.8) is 0 Å². The van der Waals surface area contributed by atoms with Gasteiger partial charge in [0.05, 0.1) is 12.0 Å². The third-order valence-electron chi connectivity index (χ3n) is 3.18. The number of benzene rings is 2. The Morgan fingerprint density at radius 3 is 2.75 bits per heavy atom. The van der Waals surface area contributed by atoms with Gasteiger partial charge in [0.25, 0.3) is 0 Å². The minimum absolute atomic E-state index is 0.123. The van der Waals surface area contributed by atoms with Crippen LogP contribution in [0.4, 0.5) is 0 Å². The molecule has 1 unspecified atom stereocenters. The van der Waals surface area contributed by atoms with Gasteiger partial charge in [-0.15, -0.1) is 11.8 Å². The lowest BCUT2D eigenvalue weighted by atomic mass is 10.1. The average molecular weight is 290 g/mol. The van der Waals surface area contributed by atoms with Gasteiger partial charge in [0.1, 0.15) is 17.6 Å². The van der Waals surface area contributed by atoms with Gasteiger partial charge in [0, 0.05) is 5.75 Å². The van der Waals surface area contributed by atoms with Gasteiger partial charge in [0.2, 0.25) is 0 Å². The van der Waals surface area contributed by atoms with Crippen molar-refractivity contribution in [2.24, 2.45) is 0 Å². The van der Waals surface area contributed by atoms with Crippen LogP contribution in [0.2, 0.25) is 0 Å². The highest BCUT2D eigenvalue weighted by molar-refractivity contribution is 7.99. The maximum atomic E-state index is 9.57. The Bertz CT molecular complexity index is 642. The molecule has 3 rings (SSSR count). The lowest BCUT2D eigenvalue weighted by molar-refractivity contribution is 0.219. The summed E-state index contributed by atoms with van der Waals surface area (Å²) >= 11 is 1.68. The van der Waals surface area contributed by atoms with Crippen LogP contribution in [0.1, 0.15) is 11.7 Å². The molecular formula is C15H14O4S. The van der Waals surface area contributed by atoms with E-state index in [1.54, 1.807) is 24.9 Å². The fourth-order valence-corrected chi connectivity index (χ4v) is 3.13. The topological polar surface area (TPSA) is 58.9 Å². The van der Waals surface area contributed by atoms with Crippen molar-refractivity contribution in [3.05, 3.63) is 42.0 Å². The van der Waals surface area contributed by atoms with Crippen LogP contribution in [0.5, 0.6) is 23.0 Å². The molecule has 20 heavy (non-hydrogen) atoms. The fourth-order valence-electron chi connectivity index (χ4n) is 2.08. The molecule has 1 atom stereocenters.